The van der Waals surface area contributed by atoms with Crippen LogP contribution in [-0.2, 0) is 0 Å². The topological polar surface area (TPSA) is 99.3 Å². The largest absolute Gasteiger partial charge is 0.461 e. The normalized spacial score (nSPS) is 23.4. The zero-order valence-corrected chi connectivity index (χ0v) is 25.0. The highest BCUT2D eigenvalue weighted by molar-refractivity contribution is 6.00. The molecule has 0 spiro atoms. The Morgan fingerprint density at radius 2 is 2.11 bits per heavy atom. The summed E-state index contributed by atoms with van der Waals surface area (Å²) in [5.41, 5.74) is -1.06. The van der Waals surface area contributed by atoms with E-state index in [-0.39, 0.29) is 51.9 Å². The smallest absolute Gasteiger partial charge is 0.319 e. The number of fused-ring (bicyclic) bond motifs is 3. The van der Waals surface area contributed by atoms with Gasteiger partial charge in [-0.05, 0) is 50.9 Å². The average molecular weight is 618 g/mol. The van der Waals surface area contributed by atoms with Crippen LogP contribution in [0.3, 0.4) is 0 Å². The van der Waals surface area contributed by atoms with Gasteiger partial charge < -0.3 is 19.9 Å². The van der Waals surface area contributed by atoms with Gasteiger partial charge >= 0.3 is 6.01 Å². The van der Waals surface area contributed by atoms with Crippen LogP contribution in [0.4, 0.5) is 19.0 Å². The zero-order valence-electron chi connectivity index (χ0n) is 25.0. The number of terminal acetylenes is 1. The number of anilines is 1. The molecule has 4 aromatic rings. The molecule has 2 N–H and O–H groups in total. The zero-order chi connectivity index (χ0) is 31.3. The molecule has 0 saturated carbocycles. The first-order valence-corrected chi connectivity index (χ1v) is 15.4. The number of alkyl halides is 1. The molecule has 0 radical (unpaired) electrons. The Bertz CT molecular complexity index is 1890. The highest BCUT2D eigenvalue weighted by Crippen LogP contribution is 2.41. The Morgan fingerprint density at radius 3 is 2.91 bits per heavy atom. The summed E-state index contributed by atoms with van der Waals surface area (Å²) in [6.07, 6.45) is 11.5. The van der Waals surface area contributed by atoms with Gasteiger partial charge in [0, 0.05) is 55.8 Å². The molecule has 12 heteroatoms. The number of aromatic nitrogens is 4. The van der Waals surface area contributed by atoms with Gasteiger partial charge in [0.1, 0.15) is 35.6 Å². The summed E-state index contributed by atoms with van der Waals surface area (Å²) < 4.78 is 52.1. The van der Waals surface area contributed by atoms with Gasteiger partial charge in [-0.25, -0.2) is 13.2 Å². The summed E-state index contributed by atoms with van der Waals surface area (Å²) in [6, 6.07) is 3.88. The quantitative estimate of drug-likeness (QED) is 0.296. The molecule has 3 aromatic heterocycles. The Hall–Kier alpha value is -4.21. The number of rotatable bonds is 7. The van der Waals surface area contributed by atoms with Gasteiger partial charge in [0.15, 0.2) is 5.82 Å². The van der Waals surface area contributed by atoms with E-state index in [1.807, 2.05) is 11.9 Å². The van der Waals surface area contributed by atoms with Gasteiger partial charge in [-0.2, -0.15) is 9.97 Å². The van der Waals surface area contributed by atoms with Crippen molar-refractivity contribution in [1.82, 2.24) is 30.2 Å². The molecule has 7 rings (SSSR count). The van der Waals surface area contributed by atoms with Gasteiger partial charge in [-0.3, -0.25) is 14.7 Å². The third kappa shape index (κ3) is 5.27. The standard InChI is InChI=1S/C33H34F3N7O2/c1-3-21-24(35)8-9-25-27(21)22(13-26(44)39-25)29-28(36)30-23(15-38-29)31(42(2)17-20-7-4-5-11-37-20)41-32(40-30)45-18-33-10-6-12-43(33)16-19(34)14-33/h1,8-9,13,15,19-20,37H,4-7,10-12,14,16-18H2,2H3,(H,39,44)/t19-,20-,33+/m1/s1. The predicted octanol–water partition coefficient (Wildman–Crippen LogP) is 4.33. The van der Waals surface area contributed by atoms with Crippen molar-refractivity contribution in [3.05, 3.63) is 51.9 Å². The van der Waals surface area contributed by atoms with Gasteiger partial charge in [0.2, 0.25) is 5.56 Å². The lowest BCUT2D eigenvalue weighted by Crippen LogP contribution is -2.44. The molecular formula is C33H34F3N7O2. The number of hydrogen-bond donors (Lipinski definition) is 2. The van der Waals surface area contributed by atoms with Gasteiger partial charge in [0.25, 0.3) is 0 Å². The molecular weight excluding hydrogens is 583 g/mol. The Balaban J connectivity index is 1.35. The van der Waals surface area contributed by atoms with Crippen LogP contribution < -0.4 is 20.5 Å². The van der Waals surface area contributed by atoms with E-state index in [2.05, 4.69) is 31.1 Å². The van der Waals surface area contributed by atoms with Gasteiger partial charge in [-0.15, -0.1) is 6.42 Å². The lowest BCUT2D eigenvalue weighted by molar-refractivity contribution is 0.107. The van der Waals surface area contributed by atoms with E-state index < -0.39 is 28.9 Å². The molecule has 0 unspecified atom stereocenters. The van der Waals surface area contributed by atoms with Crippen molar-refractivity contribution in [2.45, 2.75) is 56.3 Å². The highest BCUT2D eigenvalue weighted by atomic mass is 19.1. The van der Waals surface area contributed by atoms with E-state index >= 15 is 4.39 Å². The van der Waals surface area contributed by atoms with Crippen LogP contribution in [-0.4, -0.2) is 82.4 Å². The first kappa shape index (κ1) is 29.5. The highest BCUT2D eigenvalue weighted by Gasteiger charge is 2.49. The summed E-state index contributed by atoms with van der Waals surface area (Å²) in [4.78, 5) is 32.9. The molecule has 3 atom stereocenters. The van der Waals surface area contributed by atoms with Crippen LogP contribution in [0.2, 0.25) is 0 Å². The van der Waals surface area contributed by atoms with Crippen molar-refractivity contribution >= 4 is 27.6 Å². The van der Waals surface area contributed by atoms with E-state index in [0.717, 1.165) is 57.3 Å². The average Bonchev–Trinajstić information content (AvgIpc) is 3.56. The second-order valence-corrected chi connectivity index (χ2v) is 12.4. The van der Waals surface area contributed by atoms with Crippen LogP contribution >= 0.6 is 0 Å². The minimum Gasteiger partial charge on any atom is -0.461 e. The first-order valence-electron chi connectivity index (χ1n) is 15.4. The van der Waals surface area contributed by atoms with E-state index in [1.165, 1.54) is 12.3 Å². The van der Waals surface area contributed by atoms with E-state index in [1.54, 1.807) is 0 Å². The number of piperidine rings is 1. The third-order valence-electron chi connectivity index (χ3n) is 9.50. The number of H-pyrrole nitrogens is 1. The number of benzene rings is 1. The number of hydrogen-bond acceptors (Lipinski definition) is 8. The maximum atomic E-state index is 16.7. The van der Waals surface area contributed by atoms with Crippen LogP contribution in [0.25, 0.3) is 33.1 Å². The molecule has 0 bridgehead atoms. The van der Waals surface area contributed by atoms with Crippen LogP contribution in [0, 0.1) is 24.0 Å². The molecule has 0 amide bonds. The van der Waals surface area contributed by atoms with E-state index in [0.29, 0.717) is 30.7 Å². The first-order chi connectivity index (χ1) is 21.8. The van der Waals surface area contributed by atoms with Crippen LogP contribution in [0.5, 0.6) is 6.01 Å². The van der Waals surface area contributed by atoms with Crippen molar-refractivity contribution in [1.29, 1.82) is 0 Å². The van der Waals surface area contributed by atoms with Crippen LogP contribution in [0.1, 0.15) is 44.1 Å². The lowest BCUT2D eigenvalue weighted by atomic mass is 9.95. The SMILES string of the molecule is C#Cc1c(F)ccc2[nH]c(=O)cc(-c3ncc4c(N(C)C[C@H]5CCCCN5)nc(OC[C@@]56CCCN5C[C@H](F)C6)nc4c3F)c12. The Labute approximate surface area is 258 Å². The number of ether oxygens (including phenoxy) is 1. The molecule has 3 fully saturated rings. The van der Waals surface area contributed by atoms with Crippen LogP contribution in [0.15, 0.2) is 29.2 Å². The van der Waals surface area contributed by atoms with Crippen molar-refractivity contribution in [2.24, 2.45) is 0 Å². The fraction of sp³-hybridized carbons (Fsp3) is 0.455. The maximum absolute atomic E-state index is 16.7. The number of nitrogens with one attached hydrogen (secondary N) is 2. The molecule has 9 nitrogen and oxygen atoms in total. The Kier molecular flexibility index (Phi) is 7.61. The van der Waals surface area contributed by atoms with Gasteiger partial charge in [0.05, 0.1) is 22.0 Å². The van der Waals surface area contributed by atoms with E-state index in [9.17, 15) is 13.6 Å². The summed E-state index contributed by atoms with van der Waals surface area (Å²) >= 11 is 0. The number of nitrogens with zero attached hydrogens (tertiary/aromatic N) is 5. The van der Waals surface area contributed by atoms with Gasteiger partial charge in [-0.1, -0.05) is 12.3 Å². The fourth-order valence-corrected chi connectivity index (χ4v) is 7.37. The molecule has 3 aliphatic rings. The van der Waals surface area contributed by atoms with Crippen molar-refractivity contribution in [2.75, 3.05) is 44.7 Å². The predicted molar refractivity (Wildman–Crippen MR) is 166 cm³/mol. The maximum Gasteiger partial charge on any atom is 0.319 e. The van der Waals surface area contributed by atoms with Crippen molar-refractivity contribution in [3.8, 4) is 29.6 Å². The molecule has 0 aliphatic carbocycles. The van der Waals surface area contributed by atoms with E-state index in [4.69, 9.17) is 16.1 Å². The van der Waals surface area contributed by atoms with Crippen molar-refractivity contribution in [3.63, 3.8) is 0 Å². The summed E-state index contributed by atoms with van der Waals surface area (Å²) in [6.45, 7) is 2.89. The number of likely N-dealkylation sites (N-methyl/N-ethyl adjacent to an activating group) is 1. The fourth-order valence-electron chi connectivity index (χ4n) is 7.37. The summed E-state index contributed by atoms with van der Waals surface area (Å²) in [7, 11) is 1.88. The second kappa shape index (κ2) is 11.6. The molecule has 3 saturated heterocycles. The number of halogens is 3. The molecule has 6 heterocycles. The summed E-state index contributed by atoms with van der Waals surface area (Å²) in [5.74, 6) is 1.25. The molecule has 3 aliphatic heterocycles. The molecule has 1 aromatic carbocycles. The number of aromatic amines is 1. The lowest BCUT2D eigenvalue weighted by Gasteiger charge is -2.31. The minimum atomic E-state index is -0.927. The second-order valence-electron chi connectivity index (χ2n) is 12.4. The molecule has 234 valence electrons. The Morgan fingerprint density at radius 1 is 1.24 bits per heavy atom. The molecule has 45 heavy (non-hydrogen) atoms. The summed E-state index contributed by atoms with van der Waals surface area (Å²) in [5, 5.41) is 4.04. The third-order valence-corrected chi connectivity index (χ3v) is 9.50. The minimum absolute atomic E-state index is 0.0355. The monoisotopic (exact) mass is 617 g/mol. The van der Waals surface area contributed by atoms with Crippen molar-refractivity contribution < 1.29 is 17.9 Å². The number of pyridine rings is 2.